The second kappa shape index (κ2) is 14.6. The largest absolute Gasteiger partial charge is 0.513 e. The number of rotatable bonds is 13. The number of carbonyl (C=O) groups is 1. The van der Waals surface area contributed by atoms with Gasteiger partial charge in [0.25, 0.3) is 0 Å². The third-order valence-corrected chi connectivity index (χ3v) is 10.2. The van der Waals surface area contributed by atoms with Crippen LogP contribution in [0, 0.1) is 0 Å². The minimum absolute atomic E-state index is 0.00663. The molecule has 0 amide bonds. The first-order chi connectivity index (χ1) is 25.1. The Kier molecular flexibility index (Phi) is 9.85. The molecule has 0 spiro atoms. The van der Waals surface area contributed by atoms with Gasteiger partial charge >= 0.3 is 13.7 Å². The molecule has 4 aromatic carbocycles. The summed E-state index contributed by atoms with van der Waals surface area (Å²) >= 11 is 6.13. The predicted molar refractivity (Wildman–Crippen MR) is 195 cm³/mol. The quantitative estimate of drug-likeness (QED) is 0.0654. The molecular weight excluding hydrogens is 707 g/mol. The number of nitrogens with zero attached hydrogens (tertiary/aromatic N) is 4. The number of hydrogen-bond donors (Lipinski definition) is 3. The van der Waals surface area contributed by atoms with Crippen LogP contribution in [-0.2, 0) is 42.1 Å². The van der Waals surface area contributed by atoms with Gasteiger partial charge in [-0.3, -0.25) is 9.36 Å². The Labute approximate surface area is 303 Å². The van der Waals surface area contributed by atoms with Crippen LogP contribution in [-0.4, -0.2) is 43.2 Å². The van der Waals surface area contributed by atoms with Gasteiger partial charge in [0, 0.05) is 5.39 Å². The number of ether oxygens (including phenoxy) is 2. The van der Waals surface area contributed by atoms with E-state index < -0.39 is 32.1 Å². The molecule has 3 atom stereocenters. The van der Waals surface area contributed by atoms with Crippen LogP contribution in [0.25, 0.3) is 21.9 Å². The fourth-order valence-electron chi connectivity index (χ4n) is 6.01. The molecule has 0 aliphatic carbocycles. The van der Waals surface area contributed by atoms with Crippen molar-refractivity contribution >= 4 is 53.1 Å². The molecule has 266 valence electrons. The molecular formula is C37H34ClN6O7P. The SMILES string of the molecule is CC1(n2cnc3c(N)nc(Cl)nc32)CC(OP(=O)(N[C@@H](Cc2ccccc2)C(=O)OCc2ccccc2)Oc2cccc3ccccc23)=C(CO)O1. The lowest BCUT2D eigenvalue weighted by Gasteiger charge is -2.27. The zero-order chi connectivity index (χ0) is 36.3. The third-order valence-electron chi connectivity index (χ3n) is 8.50. The standard InChI is InChI=1S/C37H34ClN6O7P/c1-37(44-23-40-32-33(39)41-36(38)42-34(32)44)20-30(31(21-45)49-37)51-52(47,50-29-18-10-16-26-15-8-9-17-27(26)29)43-28(19-24-11-4-2-5-12-24)35(46)48-22-25-13-6-3-7-14-25/h2-18,23,28,45H,19-22H2,1H3,(H,43,47)(H2,39,41,42)/t28-,37?,52?/m0/s1. The van der Waals surface area contributed by atoms with Gasteiger partial charge in [-0.05, 0) is 47.5 Å². The van der Waals surface area contributed by atoms with Crippen molar-refractivity contribution in [2.75, 3.05) is 12.3 Å². The fourth-order valence-corrected chi connectivity index (χ4v) is 7.77. The molecule has 0 fully saturated rings. The van der Waals surface area contributed by atoms with Gasteiger partial charge in [-0.2, -0.15) is 15.1 Å². The molecule has 13 nitrogen and oxygen atoms in total. The molecule has 0 saturated heterocycles. The number of fused-ring (bicyclic) bond motifs is 2. The number of nitrogen functional groups attached to an aromatic ring is 1. The first-order valence-electron chi connectivity index (χ1n) is 16.3. The topological polar surface area (TPSA) is 173 Å². The van der Waals surface area contributed by atoms with Crippen molar-refractivity contribution in [3.63, 3.8) is 0 Å². The molecule has 0 bridgehead atoms. The molecule has 0 radical (unpaired) electrons. The summed E-state index contributed by atoms with van der Waals surface area (Å²) in [5.74, 6) is -0.386. The molecule has 1 aliphatic rings. The van der Waals surface area contributed by atoms with Crippen LogP contribution in [0.15, 0.2) is 121 Å². The maximum absolute atomic E-state index is 15.2. The van der Waals surface area contributed by atoms with Crippen LogP contribution >= 0.6 is 19.3 Å². The van der Waals surface area contributed by atoms with Gasteiger partial charge in [0.05, 0.1) is 6.42 Å². The van der Waals surface area contributed by atoms with E-state index in [1.54, 1.807) is 23.6 Å². The maximum Gasteiger partial charge on any atom is 0.513 e. The number of esters is 1. The average molecular weight is 741 g/mol. The number of nitrogens with one attached hydrogen (secondary N) is 1. The van der Waals surface area contributed by atoms with Crippen LogP contribution in [0.1, 0.15) is 24.5 Å². The molecule has 3 heterocycles. The highest BCUT2D eigenvalue weighted by molar-refractivity contribution is 7.52. The molecule has 2 aromatic heterocycles. The Hall–Kier alpha value is -5.46. The Morgan fingerprint density at radius 2 is 1.69 bits per heavy atom. The van der Waals surface area contributed by atoms with Gasteiger partial charge in [-0.1, -0.05) is 97.1 Å². The van der Waals surface area contributed by atoms with Gasteiger partial charge < -0.3 is 29.4 Å². The van der Waals surface area contributed by atoms with E-state index in [4.69, 9.17) is 35.9 Å². The van der Waals surface area contributed by atoms with Crippen LogP contribution in [0.3, 0.4) is 0 Å². The number of benzene rings is 4. The molecule has 1 aliphatic heterocycles. The van der Waals surface area contributed by atoms with Crippen molar-refractivity contribution in [1.82, 2.24) is 24.6 Å². The van der Waals surface area contributed by atoms with E-state index >= 15 is 4.57 Å². The van der Waals surface area contributed by atoms with Crippen molar-refractivity contribution in [3.05, 3.63) is 137 Å². The molecule has 4 N–H and O–H groups in total. The van der Waals surface area contributed by atoms with Gasteiger partial charge in [-0.25, -0.2) is 9.55 Å². The average Bonchev–Trinajstić information content (AvgIpc) is 3.72. The summed E-state index contributed by atoms with van der Waals surface area (Å²) in [6.45, 7) is 1.08. The minimum Gasteiger partial charge on any atom is -0.466 e. The normalized spacial score (nSPS) is 17.4. The highest BCUT2D eigenvalue weighted by Gasteiger charge is 2.45. The molecule has 52 heavy (non-hydrogen) atoms. The number of halogens is 1. The third kappa shape index (κ3) is 7.44. The van der Waals surface area contributed by atoms with Gasteiger partial charge in [0.15, 0.2) is 28.7 Å². The summed E-state index contributed by atoms with van der Waals surface area (Å²) in [5.41, 5.74) is 6.86. The number of aromatic nitrogens is 4. The maximum atomic E-state index is 15.2. The van der Waals surface area contributed by atoms with Gasteiger partial charge in [-0.15, -0.1) is 0 Å². The van der Waals surface area contributed by atoms with Crippen molar-refractivity contribution in [1.29, 1.82) is 0 Å². The zero-order valence-electron chi connectivity index (χ0n) is 27.9. The zero-order valence-corrected chi connectivity index (χ0v) is 29.5. The Balaban J connectivity index is 1.25. The highest BCUT2D eigenvalue weighted by Crippen LogP contribution is 2.53. The van der Waals surface area contributed by atoms with Crippen molar-refractivity contribution in [3.8, 4) is 5.75 Å². The second-order valence-corrected chi connectivity index (χ2v) is 14.2. The lowest BCUT2D eigenvalue weighted by Crippen LogP contribution is -2.39. The predicted octanol–water partition coefficient (Wildman–Crippen LogP) is 6.66. The number of nitrogens with two attached hydrogens (primary N) is 1. The van der Waals surface area contributed by atoms with Crippen LogP contribution in [0.4, 0.5) is 5.82 Å². The number of aliphatic hydroxyl groups excluding tert-OH is 1. The van der Waals surface area contributed by atoms with Crippen LogP contribution < -0.4 is 15.3 Å². The summed E-state index contributed by atoms with van der Waals surface area (Å²) in [4.78, 5) is 26.4. The van der Waals surface area contributed by atoms with Gasteiger partial charge in [0.2, 0.25) is 5.28 Å². The molecule has 0 saturated carbocycles. The number of carbonyl (C=O) groups excluding carboxylic acids is 1. The summed E-state index contributed by atoms with van der Waals surface area (Å²) in [5, 5.41) is 14.7. The van der Waals surface area contributed by atoms with E-state index in [1.165, 1.54) is 6.33 Å². The van der Waals surface area contributed by atoms with E-state index in [0.29, 0.717) is 10.9 Å². The highest BCUT2D eigenvalue weighted by atomic mass is 35.5. The van der Waals surface area contributed by atoms with E-state index in [0.717, 1.165) is 16.5 Å². The van der Waals surface area contributed by atoms with E-state index in [-0.39, 0.29) is 53.5 Å². The number of imidazole rings is 1. The number of aliphatic hydroxyl groups is 1. The minimum atomic E-state index is -4.58. The van der Waals surface area contributed by atoms with Crippen molar-refractivity contribution in [2.45, 2.75) is 38.1 Å². The number of hydrogen-bond acceptors (Lipinski definition) is 11. The Morgan fingerprint density at radius 1 is 1.00 bits per heavy atom. The molecule has 6 aromatic rings. The molecule has 15 heteroatoms. The summed E-state index contributed by atoms with van der Waals surface area (Å²) < 4.78 is 41.3. The molecule has 7 rings (SSSR count). The van der Waals surface area contributed by atoms with E-state index in [1.807, 2.05) is 91.0 Å². The summed E-state index contributed by atoms with van der Waals surface area (Å²) in [6.07, 6.45) is 1.47. The monoisotopic (exact) mass is 740 g/mol. The van der Waals surface area contributed by atoms with Crippen LogP contribution in [0.5, 0.6) is 5.75 Å². The summed E-state index contributed by atoms with van der Waals surface area (Å²) in [7, 11) is -4.58. The second-order valence-electron chi connectivity index (χ2n) is 12.2. The fraction of sp³-hybridized carbons (Fsp3) is 0.189. The van der Waals surface area contributed by atoms with Crippen molar-refractivity contribution in [2.24, 2.45) is 0 Å². The van der Waals surface area contributed by atoms with Gasteiger partial charge in [0.1, 0.15) is 36.8 Å². The Morgan fingerprint density at radius 3 is 2.44 bits per heavy atom. The first kappa shape index (κ1) is 35.0. The molecule has 2 unspecified atom stereocenters. The smallest absolute Gasteiger partial charge is 0.466 e. The first-order valence-corrected chi connectivity index (χ1v) is 18.2. The van der Waals surface area contributed by atoms with Crippen molar-refractivity contribution < 1.29 is 33.0 Å². The lowest BCUT2D eigenvalue weighted by atomic mass is 10.1. The summed E-state index contributed by atoms with van der Waals surface area (Å²) in [6, 6.07) is 30.0. The lowest BCUT2D eigenvalue weighted by molar-refractivity contribution is -0.147. The van der Waals surface area contributed by atoms with E-state index in [2.05, 4.69) is 20.0 Å². The Bertz CT molecular complexity index is 2320. The number of anilines is 1. The van der Waals surface area contributed by atoms with Crippen LogP contribution in [0.2, 0.25) is 5.28 Å². The van der Waals surface area contributed by atoms with E-state index in [9.17, 15) is 9.90 Å².